The molecule has 2 saturated heterocycles. The predicted octanol–water partition coefficient (Wildman–Crippen LogP) is -0.358. The molecule has 0 bridgehead atoms. The van der Waals surface area contributed by atoms with Gasteiger partial charge in [-0.15, -0.1) is 6.58 Å². The van der Waals surface area contributed by atoms with Gasteiger partial charge in [0.25, 0.3) is 0 Å². The summed E-state index contributed by atoms with van der Waals surface area (Å²) in [7, 11) is -3.67. The van der Waals surface area contributed by atoms with Crippen LogP contribution in [0.1, 0.15) is 17.3 Å². The minimum absolute atomic E-state index is 0.0139. The van der Waals surface area contributed by atoms with Crippen LogP contribution in [0.2, 0.25) is 0 Å². The number of ketones is 1. The van der Waals surface area contributed by atoms with Crippen molar-refractivity contribution in [3.63, 3.8) is 0 Å². The van der Waals surface area contributed by atoms with E-state index in [-0.39, 0.29) is 42.1 Å². The van der Waals surface area contributed by atoms with Gasteiger partial charge in [-0.3, -0.25) is 24.2 Å². The third-order valence-corrected chi connectivity index (χ3v) is 8.04. The summed E-state index contributed by atoms with van der Waals surface area (Å²) in [6.07, 6.45) is 1.64. The van der Waals surface area contributed by atoms with E-state index in [0.29, 0.717) is 57.9 Å². The molecule has 3 rings (SSSR count). The van der Waals surface area contributed by atoms with Crippen molar-refractivity contribution in [3.05, 3.63) is 42.5 Å². The van der Waals surface area contributed by atoms with Crippen LogP contribution in [0.3, 0.4) is 0 Å². The number of carbonyl (C=O) groups is 3. The number of nitrogens with one attached hydrogen (secondary N) is 1. The molecule has 2 aliphatic heterocycles. The first-order chi connectivity index (χ1) is 16.2. The molecule has 0 saturated carbocycles. The lowest BCUT2D eigenvalue weighted by atomic mass is 10.2. The van der Waals surface area contributed by atoms with Gasteiger partial charge in [0.05, 0.1) is 18.0 Å². The van der Waals surface area contributed by atoms with Crippen LogP contribution in [0.4, 0.5) is 0 Å². The lowest BCUT2D eigenvalue weighted by Gasteiger charge is -2.37. The molecular formula is C23H33N5O5S. The molecule has 10 nitrogen and oxygen atoms in total. The summed E-state index contributed by atoms with van der Waals surface area (Å²) in [6, 6.07) is 5.93. The largest absolute Gasteiger partial charge is 0.352 e. The number of Topliss-reactive ketones (excluding diaryl/α,β-unsaturated/α-hetero) is 1. The van der Waals surface area contributed by atoms with Crippen molar-refractivity contribution in [2.75, 3.05) is 72.0 Å². The first kappa shape index (κ1) is 26.0. The van der Waals surface area contributed by atoms with Crippen molar-refractivity contribution in [2.24, 2.45) is 0 Å². The molecule has 0 unspecified atom stereocenters. The van der Waals surface area contributed by atoms with Gasteiger partial charge < -0.3 is 10.2 Å². The summed E-state index contributed by atoms with van der Waals surface area (Å²) in [5.41, 5.74) is 0.464. The van der Waals surface area contributed by atoms with Crippen LogP contribution in [0, 0.1) is 0 Å². The van der Waals surface area contributed by atoms with Crippen LogP contribution in [0.25, 0.3) is 0 Å². The average molecular weight is 492 g/mol. The Morgan fingerprint density at radius 2 is 1.47 bits per heavy atom. The summed E-state index contributed by atoms with van der Waals surface area (Å²) in [4.78, 5) is 42.0. The fraction of sp³-hybridized carbons (Fsp3) is 0.522. The maximum Gasteiger partial charge on any atom is 0.243 e. The molecule has 2 heterocycles. The molecule has 0 spiro atoms. The highest BCUT2D eigenvalue weighted by molar-refractivity contribution is 7.89. The van der Waals surface area contributed by atoms with Gasteiger partial charge in [-0.05, 0) is 19.1 Å². The minimum Gasteiger partial charge on any atom is -0.352 e. The fourth-order valence-electron chi connectivity index (χ4n) is 4.03. The Hall–Kier alpha value is -2.60. The van der Waals surface area contributed by atoms with Crippen LogP contribution in [0.15, 0.2) is 41.8 Å². The Balaban J connectivity index is 1.44. The van der Waals surface area contributed by atoms with E-state index in [4.69, 9.17) is 0 Å². The van der Waals surface area contributed by atoms with E-state index in [2.05, 4.69) is 21.7 Å². The first-order valence-electron chi connectivity index (χ1n) is 11.4. The zero-order valence-electron chi connectivity index (χ0n) is 19.6. The number of hydrogen-bond acceptors (Lipinski definition) is 7. The number of nitrogens with zero attached hydrogens (tertiary/aromatic N) is 4. The van der Waals surface area contributed by atoms with Gasteiger partial charge in [0.2, 0.25) is 21.8 Å². The Morgan fingerprint density at radius 3 is 2.00 bits per heavy atom. The normalized spacial score (nSPS) is 18.4. The number of benzene rings is 1. The summed E-state index contributed by atoms with van der Waals surface area (Å²) >= 11 is 0. The van der Waals surface area contributed by atoms with Crippen LogP contribution < -0.4 is 5.32 Å². The summed E-state index contributed by atoms with van der Waals surface area (Å²) in [6.45, 7) is 10.1. The molecule has 2 fully saturated rings. The zero-order valence-corrected chi connectivity index (χ0v) is 20.4. The van der Waals surface area contributed by atoms with E-state index < -0.39 is 10.0 Å². The molecule has 2 aliphatic rings. The second-order valence-corrected chi connectivity index (χ2v) is 10.4. The van der Waals surface area contributed by atoms with E-state index in [0.717, 1.165) is 0 Å². The van der Waals surface area contributed by atoms with E-state index >= 15 is 0 Å². The Bertz CT molecular complexity index is 995. The van der Waals surface area contributed by atoms with Crippen molar-refractivity contribution in [3.8, 4) is 0 Å². The molecule has 0 radical (unpaired) electrons. The van der Waals surface area contributed by atoms with Crippen LogP contribution in [0.5, 0.6) is 0 Å². The molecule has 2 amide bonds. The number of sulfonamides is 1. The summed E-state index contributed by atoms with van der Waals surface area (Å²) in [5, 5.41) is 2.76. The third-order valence-electron chi connectivity index (χ3n) is 6.12. The van der Waals surface area contributed by atoms with Crippen LogP contribution in [-0.4, -0.2) is 117 Å². The number of hydrogen-bond donors (Lipinski definition) is 1. The molecular weight excluding hydrogens is 458 g/mol. The molecule has 11 heteroatoms. The maximum absolute atomic E-state index is 12.9. The molecule has 34 heavy (non-hydrogen) atoms. The highest BCUT2D eigenvalue weighted by atomic mass is 32.2. The Kier molecular flexibility index (Phi) is 8.95. The molecule has 1 N–H and O–H groups in total. The second-order valence-electron chi connectivity index (χ2n) is 8.51. The van der Waals surface area contributed by atoms with E-state index in [1.165, 1.54) is 35.5 Å². The molecule has 186 valence electrons. The van der Waals surface area contributed by atoms with E-state index in [1.54, 1.807) is 11.0 Å². The quantitative estimate of drug-likeness (QED) is 0.371. The average Bonchev–Trinajstić information content (AvgIpc) is 2.84. The van der Waals surface area contributed by atoms with Crippen molar-refractivity contribution >= 4 is 27.6 Å². The van der Waals surface area contributed by atoms with E-state index in [9.17, 15) is 22.8 Å². The Morgan fingerprint density at radius 1 is 0.912 bits per heavy atom. The molecule has 1 aromatic rings. The molecule has 0 aliphatic carbocycles. The Labute approximate surface area is 201 Å². The highest BCUT2D eigenvalue weighted by Crippen LogP contribution is 2.19. The molecule has 1 aromatic carbocycles. The number of rotatable bonds is 9. The van der Waals surface area contributed by atoms with Gasteiger partial charge in [-0.25, -0.2) is 8.42 Å². The third kappa shape index (κ3) is 6.72. The van der Waals surface area contributed by atoms with E-state index in [1.807, 2.05) is 0 Å². The van der Waals surface area contributed by atoms with Crippen molar-refractivity contribution in [2.45, 2.75) is 11.8 Å². The summed E-state index contributed by atoms with van der Waals surface area (Å²) in [5.74, 6) is -0.168. The van der Waals surface area contributed by atoms with Gasteiger partial charge in [0.1, 0.15) is 0 Å². The van der Waals surface area contributed by atoms with Crippen LogP contribution >= 0.6 is 0 Å². The second kappa shape index (κ2) is 11.7. The maximum atomic E-state index is 12.9. The van der Waals surface area contributed by atoms with Crippen molar-refractivity contribution in [1.82, 2.24) is 24.3 Å². The van der Waals surface area contributed by atoms with Gasteiger partial charge >= 0.3 is 0 Å². The fourth-order valence-corrected chi connectivity index (χ4v) is 5.45. The highest BCUT2D eigenvalue weighted by Gasteiger charge is 2.31. The minimum atomic E-state index is -3.67. The molecule has 0 aromatic heterocycles. The zero-order chi connectivity index (χ0) is 24.7. The number of amides is 2. The van der Waals surface area contributed by atoms with Crippen molar-refractivity contribution < 1.29 is 22.8 Å². The van der Waals surface area contributed by atoms with Crippen molar-refractivity contribution in [1.29, 1.82) is 0 Å². The van der Waals surface area contributed by atoms with Gasteiger partial charge in [-0.1, -0.05) is 18.2 Å². The molecule has 0 atom stereocenters. The summed E-state index contributed by atoms with van der Waals surface area (Å²) < 4.78 is 27.2. The van der Waals surface area contributed by atoms with Gasteiger partial charge in [0, 0.05) is 64.5 Å². The first-order valence-corrected chi connectivity index (χ1v) is 12.9. The smallest absolute Gasteiger partial charge is 0.243 e. The van der Waals surface area contributed by atoms with Gasteiger partial charge in [-0.2, -0.15) is 4.31 Å². The number of carbonyl (C=O) groups excluding carboxylic acids is 3. The predicted molar refractivity (Wildman–Crippen MR) is 128 cm³/mol. The SMILES string of the molecule is C=CCNC(=O)CN1CCN(CC(=O)N2CCN(S(=O)(=O)c3ccc(C(C)=O)cc3)CC2)CC1. The standard InChI is InChI=1S/C23H33N5O5S/c1-3-8-24-22(30)17-25-9-11-26(12-10-25)18-23(31)27-13-15-28(16-14-27)34(32,33)21-6-4-20(5-7-21)19(2)29/h3-7H,1,8-18H2,2H3,(H,24,30). The topological polar surface area (TPSA) is 110 Å². The van der Waals surface area contributed by atoms with Crippen LogP contribution in [-0.2, 0) is 19.6 Å². The monoisotopic (exact) mass is 491 g/mol. The lowest BCUT2D eigenvalue weighted by molar-refractivity contribution is -0.134. The number of piperazine rings is 2. The van der Waals surface area contributed by atoms with Gasteiger partial charge in [0.15, 0.2) is 5.78 Å². The lowest BCUT2D eigenvalue weighted by Crippen LogP contribution is -2.55.